The number of piperidine rings is 1. The molecule has 2 unspecified atom stereocenters. The lowest BCUT2D eigenvalue weighted by atomic mass is 9.87. The van der Waals surface area contributed by atoms with Crippen molar-refractivity contribution in [3.63, 3.8) is 0 Å². The Hall–Kier alpha value is -3.11. The average Bonchev–Trinajstić information content (AvgIpc) is 2.81. The van der Waals surface area contributed by atoms with Crippen molar-refractivity contribution in [2.24, 2.45) is 5.92 Å². The summed E-state index contributed by atoms with van der Waals surface area (Å²) in [4.78, 5) is 28.3. The van der Waals surface area contributed by atoms with Crippen molar-refractivity contribution < 1.29 is 9.59 Å². The maximum absolute atomic E-state index is 13.4. The molecule has 1 aliphatic rings. The van der Waals surface area contributed by atoms with Crippen molar-refractivity contribution in [2.75, 3.05) is 11.9 Å². The first-order valence-electron chi connectivity index (χ1n) is 11.0. The Morgan fingerprint density at radius 1 is 0.969 bits per heavy atom. The molecular formula is C27H27ClN2O2. The van der Waals surface area contributed by atoms with Crippen LogP contribution < -0.4 is 5.32 Å². The first kappa shape index (κ1) is 22.1. The summed E-state index contributed by atoms with van der Waals surface area (Å²) in [6.45, 7) is 2.47. The number of rotatable bonds is 5. The molecule has 0 radical (unpaired) electrons. The highest BCUT2D eigenvalue weighted by Crippen LogP contribution is 2.35. The maximum atomic E-state index is 13.4. The van der Waals surface area contributed by atoms with E-state index in [1.807, 2.05) is 41.3 Å². The molecule has 0 aromatic heterocycles. The highest BCUT2D eigenvalue weighted by molar-refractivity contribution is 6.30. The third-order valence-corrected chi connectivity index (χ3v) is 6.26. The number of hydrogen-bond donors (Lipinski definition) is 1. The number of nitrogens with one attached hydrogen (secondary N) is 1. The minimum absolute atomic E-state index is 0.0225. The molecule has 1 N–H and O–H groups in total. The SMILES string of the molecule is Cc1cccc(C2CCC(C(=O)Nc3ccc(Cl)cc3)CN2C(=O)Cc2ccccc2)c1. The zero-order chi connectivity index (χ0) is 22.5. The largest absolute Gasteiger partial charge is 0.335 e. The Morgan fingerprint density at radius 3 is 2.44 bits per heavy atom. The van der Waals surface area contributed by atoms with E-state index in [4.69, 9.17) is 11.6 Å². The average molecular weight is 447 g/mol. The maximum Gasteiger partial charge on any atom is 0.229 e. The normalized spacial score (nSPS) is 18.2. The topological polar surface area (TPSA) is 49.4 Å². The molecule has 164 valence electrons. The molecule has 3 aromatic carbocycles. The van der Waals surface area contributed by atoms with Crippen LogP contribution in [0.25, 0.3) is 0 Å². The van der Waals surface area contributed by atoms with Crippen LogP contribution in [0, 0.1) is 12.8 Å². The van der Waals surface area contributed by atoms with E-state index in [1.54, 1.807) is 24.3 Å². The summed E-state index contributed by atoms with van der Waals surface area (Å²) in [6.07, 6.45) is 1.81. The van der Waals surface area contributed by atoms with Crippen molar-refractivity contribution in [3.05, 3.63) is 101 Å². The second-order valence-corrected chi connectivity index (χ2v) is 8.85. The number of aryl methyl sites for hydroxylation is 1. The van der Waals surface area contributed by atoms with Crippen LogP contribution in [0.1, 0.15) is 35.6 Å². The summed E-state index contributed by atoms with van der Waals surface area (Å²) in [7, 11) is 0. The summed E-state index contributed by atoms with van der Waals surface area (Å²) in [5.41, 5.74) is 3.99. The monoisotopic (exact) mass is 446 g/mol. The third kappa shape index (κ3) is 5.38. The van der Waals surface area contributed by atoms with E-state index in [0.29, 0.717) is 23.7 Å². The van der Waals surface area contributed by atoms with Gasteiger partial charge in [0.15, 0.2) is 0 Å². The van der Waals surface area contributed by atoms with Gasteiger partial charge < -0.3 is 10.2 Å². The second kappa shape index (κ2) is 10.0. The molecule has 2 amide bonds. The molecule has 0 spiro atoms. The van der Waals surface area contributed by atoms with Crippen LogP contribution in [0.4, 0.5) is 5.69 Å². The van der Waals surface area contributed by atoms with Crippen LogP contribution in [0.5, 0.6) is 0 Å². The number of hydrogen-bond acceptors (Lipinski definition) is 2. The number of carbonyl (C=O) groups is 2. The minimum Gasteiger partial charge on any atom is -0.335 e. The van der Waals surface area contributed by atoms with E-state index in [9.17, 15) is 9.59 Å². The highest BCUT2D eigenvalue weighted by atomic mass is 35.5. The van der Waals surface area contributed by atoms with Gasteiger partial charge in [0.2, 0.25) is 11.8 Å². The first-order chi connectivity index (χ1) is 15.5. The second-order valence-electron chi connectivity index (χ2n) is 8.41. The van der Waals surface area contributed by atoms with Gasteiger partial charge >= 0.3 is 0 Å². The minimum atomic E-state index is -0.258. The van der Waals surface area contributed by atoms with Gasteiger partial charge in [-0.3, -0.25) is 9.59 Å². The molecule has 1 aliphatic heterocycles. The number of amides is 2. The number of likely N-dealkylation sites (tertiary alicyclic amines) is 1. The van der Waals surface area contributed by atoms with E-state index >= 15 is 0 Å². The number of nitrogens with zero attached hydrogens (tertiary/aromatic N) is 1. The van der Waals surface area contributed by atoms with Gasteiger partial charge in [-0.2, -0.15) is 0 Å². The van der Waals surface area contributed by atoms with Gasteiger partial charge in [0.1, 0.15) is 0 Å². The Kier molecular flexibility index (Phi) is 6.91. The molecule has 1 heterocycles. The molecule has 32 heavy (non-hydrogen) atoms. The highest BCUT2D eigenvalue weighted by Gasteiger charge is 2.35. The fraction of sp³-hybridized carbons (Fsp3) is 0.259. The zero-order valence-electron chi connectivity index (χ0n) is 18.1. The summed E-state index contributed by atoms with van der Waals surface area (Å²) in [6, 6.07) is 25.1. The van der Waals surface area contributed by atoms with Gasteiger partial charge in [-0.05, 0) is 55.2 Å². The van der Waals surface area contributed by atoms with E-state index in [0.717, 1.165) is 24.0 Å². The van der Waals surface area contributed by atoms with Crippen LogP contribution in [-0.4, -0.2) is 23.3 Å². The molecule has 0 bridgehead atoms. The quantitative estimate of drug-likeness (QED) is 0.537. The Labute approximate surface area is 194 Å². The number of anilines is 1. The number of benzene rings is 3. The number of carbonyl (C=O) groups excluding carboxylic acids is 2. The summed E-state index contributed by atoms with van der Waals surface area (Å²) in [5.74, 6) is -0.273. The lowest BCUT2D eigenvalue weighted by molar-refractivity contribution is -0.137. The predicted octanol–water partition coefficient (Wildman–Crippen LogP) is 5.81. The number of halogens is 1. The Morgan fingerprint density at radius 2 is 1.72 bits per heavy atom. The van der Waals surface area contributed by atoms with E-state index in [-0.39, 0.29) is 23.8 Å². The van der Waals surface area contributed by atoms with E-state index < -0.39 is 0 Å². The van der Waals surface area contributed by atoms with Gasteiger partial charge in [-0.1, -0.05) is 71.8 Å². The third-order valence-electron chi connectivity index (χ3n) is 6.01. The van der Waals surface area contributed by atoms with Crippen molar-refractivity contribution in [2.45, 2.75) is 32.2 Å². The molecule has 0 saturated carbocycles. The van der Waals surface area contributed by atoms with Crippen molar-refractivity contribution in [3.8, 4) is 0 Å². The van der Waals surface area contributed by atoms with Crippen molar-refractivity contribution in [1.29, 1.82) is 0 Å². The predicted molar refractivity (Wildman–Crippen MR) is 129 cm³/mol. The van der Waals surface area contributed by atoms with Crippen LogP contribution in [-0.2, 0) is 16.0 Å². The molecule has 4 rings (SSSR count). The lowest BCUT2D eigenvalue weighted by Crippen LogP contribution is -2.46. The Bertz CT molecular complexity index is 1080. The standard InChI is InChI=1S/C27H27ClN2O2/c1-19-6-5-9-21(16-19)25-15-10-22(27(32)29-24-13-11-23(28)12-14-24)18-30(25)26(31)17-20-7-3-2-4-8-20/h2-9,11-14,16,22,25H,10,15,17-18H2,1H3,(H,29,32). The van der Waals surface area contributed by atoms with Crippen molar-refractivity contribution in [1.82, 2.24) is 4.90 Å². The summed E-state index contributed by atoms with van der Waals surface area (Å²) >= 11 is 5.95. The van der Waals surface area contributed by atoms with Gasteiger partial charge in [-0.15, -0.1) is 0 Å². The van der Waals surface area contributed by atoms with Gasteiger partial charge in [0, 0.05) is 17.3 Å². The molecule has 4 nitrogen and oxygen atoms in total. The molecule has 0 aliphatic carbocycles. The molecule has 1 fully saturated rings. The first-order valence-corrected chi connectivity index (χ1v) is 11.3. The molecule has 5 heteroatoms. The van der Waals surface area contributed by atoms with Crippen LogP contribution in [0.2, 0.25) is 5.02 Å². The lowest BCUT2D eigenvalue weighted by Gasteiger charge is -2.39. The van der Waals surface area contributed by atoms with Crippen LogP contribution in [0.3, 0.4) is 0 Å². The summed E-state index contributed by atoms with van der Waals surface area (Å²) < 4.78 is 0. The molecule has 1 saturated heterocycles. The molecule has 2 atom stereocenters. The van der Waals surface area contributed by atoms with Crippen LogP contribution >= 0.6 is 11.6 Å². The smallest absolute Gasteiger partial charge is 0.229 e. The summed E-state index contributed by atoms with van der Waals surface area (Å²) in [5, 5.41) is 3.60. The fourth-order valence-corrected chi connectivity index (χ4v) is 4.46. The Balaban J connectivity index is 1.53. The zero-order valence-corrected chi connectivity index (χ0v) is 18.9. The fourth-order valence-electron chi connectivity index (χ4n) is 4.33. The van der Waals surface area contributed by atoms with Gasteiger partial charge in [-0.25, -0.2) is 0 Å². The van der Waals surface area contributed by atoms with Gasteiger partial charge in [0.25, 0.3) is 0 Å². The molecule has 3 aromatic rings. The van der Waals surface area contributed by atoms with Crippen LogP contribution in [0.15, 0.2) is 78.9 Å². The van der Waals surface area contributed by atoms with E-state index in [1.165, 1.54) is 5.56 Å². The molecular weight excluding hydrogens is 420 g/mol. The van der Waals surface area contributed by atoms with Gasteiger partial charge in [0.05, 0.1) is 18.4 Å². The van der Waals surface area contributed by atoms with E-state index in [2.05, 4.69) is 30.4 Å². The van der Waals surface area contributed by atoms with Crippen molar-refractivity contribution >= 4 is 29.1 Å².